The van der Waals surface area contributed by atoms with E-state index < -0.39 is 0 Å². The molecular formula is C17H19N5. The zero-order valence-electron chi connectivity index (χ0n) is 12.5. The van der Waals surface area contributed by atoms with Crippen molar-refractivity contribution in [2.75, 3.05) is 13.1 Å². The number of pyridine rings is 2. The van der Waals surface area contributed by atoms with E-state index in [0.29, 0.717) is 6.04 Å². The predicted octanol–water partition coefficient (Wildman–Crippen LogP) is 2.66. The molecular weight excluding hydrogens is 274 g/mol. The molecule has 1 saturated heterocycles. The topological polar surface area (TPSA) is 46.8 Å². The largest absolute Gasteiger partial charge is 0.312 e. The van der Waals surface area contributed by atoms with Crippen LogP contribution in [0.2, 0.25) is 0 Å². The van der Waals surface area contributed by atoms with Crippen molar-refractivity contribution in [2.45, 2.75) is 25.4 Å². The Balaban J connectivity index is 1.43. The molecule has 0 aliphatic carbocycles. The van der Waals surface area contributed by atoms with Gasteiger partial charge < -0.3 is 4.57 Å². The maximum absolute atomic E-state index is 4.48. The van der Waals surface area contributed by atoms with E-state index in [1.54, 1.807) is 0 Å². The fourth-order valence-corrected chi connectivity index (χ4v) is 3.24. The molecule has 1 aliphatic rings. The van der Waals surface area contributed by atoms with Crippen molar-refractivity contribution >= 4 is 11.2 Å². The summed E-state index contributed by atoms with van der Waals surface area (Å²) in [6.07, 6.45) is 9.86. The average Bonchev–Trinajstić information content (AvgIpc) is 3.01. The van der Waals surface area contributed by atoms with E-state index in [1.165, 1.54) is 5.56 Å². The monoisotopic (exact) mass is 293 g/mol. The fraction of sp³-hybridized carbons (Fsp3) is 0.353. The molecule has 0 unspecified atom stereocenters. The van der Waals surface area contributed by atoms with Crippen molar-refractivity contribution in [1.29, 1.82) is 0 Å². The standard InChI is InChI=1S/C17H19N5/c1-3-14(11-18-7-1)12-21-9-5-15(6-10-21)22-13-20-16-4-2-8-19-17(16)22/h1-4,7-8,11,13,15H,5-6,9-10,12H2. The number of likely N-dealkylation sites (tertiary alicyclic amines) is 1. The van der Waals surface area contributed by atoms with Crippen molar-refractivity contribution < 1.29 is 0 Å². The lowest BCUT2D eigenvalue weighted by molar-refractivity contribution is 0.181. The molecule has 1 aliphatic heterocycles. The van der Waals surface area contributed by atoms with Gasteiger partial charge in [0.05, 0.1) is 6.33 Å². The number of hydrogen-bond acceptors (Lipinski definition) is 4. The van der Waals surface area contributed by atoms with E-state index in [2.05, 4.69) is 30.5 Å². The summed E-state index contributed by atoms with van der Waals surface area (Å²) < 4.78 is 2.25. The Labute approximate surface area is 129 Å². The molecule has 0 aromatic carbocycles. The molecule has 0 N–H and O–H groups in total. The maximum atomic E-state index is 4.48. The van der Waals surface area contributed by atoms with Gasteiger partial charge in [-0.25, -0.2) is 9.97 Å². The summed E-state index contributed by atoms with van der Waals surface area (Å²) in [6, 6.07) is 8.62. The van der Waals surface area contributed by atoms with Crippen LogP contribution in [0.15, 0.2) is 49.2 Å². The van der Waals surface area contributed by atoms with Crippen molar-refractivity contribution in [3.8, 4) is 0 Å². The summed E-state index contributed by atoms with van der Waals surface area (Å²) in [5.41, 5.74) is 3.28. The van der Waals surface area contributed by atoms with E-state index in [1.807, 2.05) is 43.1 Å². The van der Waals surface area contributed by atoms with Gasteiger partial charge in [0.2, 0.25) is 0 Å². The Hall–Kier alpha value is -2.27. The third-order valence-electron chi connectivity index (χ3n) is 4.41. The molecule has 22 heavy (non-hydrogen) atoms. The number of fused-ring (bicyclic) bond motifs is 1. The van der Waals surface area contributed by atoms with Gasteiger partial charge >= 0.3 is 0 Å². The minimum atomic E-state index is 0.505. The van der Waals surface area contributed by atoms with Crippen molar-refractivity contribution in [1.82, 2.24) is 24.4 Å². The Morgan fingerprint density at radius 1 is 1.05 bits per heavy atom. The van der Waals surface area contributed by atoms with E-state index >= 15 is 0 Å². The van der Waals surface area contributed by atoms with Gasteiger partial charge in [-0.15, -0.1) is 0 Å². The van der Waals surface area contributed by atoms with Gasteiger partial charge in [-0.2, -0.15) is 0 Å². The molecule has 0 amide bonds. The van der Waals surface area contributed by atoms with Crippen LogP contribution in [0.4, 0.5) is 0 Å². The SMILES string of the molecule is c1cncc(CN2CCC(n3cnc4cccnc43)CC2)c1. The molecule has 0 atom stereocenters. The first-order valence-electron chi connectivity index (χ1n) is 7.79. The van der Waals surface area contributed by atoms with Crippen LogP contribution >= 0.6 is 0 Å². The van der Waals surface area contributed by atoms with E-state index in [-0.39, 0.29) is 0 Å². The number of hydrogen-bond donors (Lipinski definition) is 0. The van der Waals surface area contributed by atoms with Gasteiger partial charge in [0, 0.05) is 44.3 Å². The van der Waals surface area contributed by atoms with Crippen LogP contribution in [0.3, 0.4) is 0 Å². The van der Waals surface area contributed by atoms with Crippen LogP contribution in [-0.4, -0.2) is 37.5 Å². The molecule has 0 spiro atoms. The van der Waals surface area contributed by atoms with E-state index in [4.69, 9.17) is 0 Å². The lowest BCUT2D eigenvalue weighted by atomic mass is 10.0. The van der Waals surface area contributed by atoms with Gasteiger partial charge in [0.15, 0.2) is 5.65 Å². The van der Waals surface area contributed by atoms with Crippen LogP contribution in [0, 0.1) is 0 Å². The van der Waals surface area contributed by atoms with E-state index in [9.17, 15) is 0 Å². The predicted molar refractivity (Wildman–Crippen MR) is 85.3 cm³/mol. The van der Waals surface area contributed by atoms with Gasteiger partial charge in [-0.1, -0.05) is 6.07 Å². The van der Waals surface area contributed by atoms with Gasteiger partial charge in [0.1, 0.15) is 5.52 Å². The molecule has 5 nitrogen and oxygen atoms in total. The number of rotatable bonds is 3. The fourth-order valence-electron chi connectivity index (χ4n) is 3.24. The second kappa shape index (κ2) is 5.85. The highest BCUT2D eigenvalue weighted by Crippen LogP contribution is 2.26. The quantitative estimate of drug-likeness (QED) is 0.745. The normalized spacial score (nSPS) is 17.1. The number of aromatic nitrogens is 4. The van der Waals surface area contributed by atoms with Gasteiger partial charge in [0.25, 0.3) is 0 Å². The van der Waals surface area contributed by atoms with Crippen LogP contribution in [0.25, 0.3) is 11.2 Å². The smallest absolute Gasteiger partial charge is 0.160 e. The Morgan fingerprint density at radius 3 is 2.73 bits per heavy atom. The van der Waals surface area contributed by atoms with Crippen molar-refractivity contribution in [3.05, 3.63) is 54.7 Å². The number of nitrogens with zero attached hydrogens (tertiary/aromatic N) is 5. The molecule has 5 heteroatoms. The molecule has 1 fully saturated rings. The van der Waals surface area contributed by atoms with Crippen LogP contribution in [0.1, 0.15) is 24.4 Å². The molecule has 4 heterocycles. The highest BCUT2D eigenvalue weighted by molar-refractivity contribution is 5.70. The first kappa shape index (κ1) is 13.4. The highest BCUT2D eigenvalue weighted by Gasteiger charge is 2.22. The Kier molecular flexibility index (Phi) is 3.56. The molecule has 0 saturated carbocycles. The van der Waals surface area contributed by atoms with Crippen LogP contribution in [-0.2, 0) is 6.54 Å². The lowest BCUT2D eigenvalue weighted by Crippen LogP contribution is -2.34. The zero-order chi connectivity index (χ0) is 14.8. The minimum absolute atomic E-state index is 0.505. The summed E-state index contributed by atoms with van der Waals surface area (Å²) in [6.45, 7) is 3.20. The number of imidazole rings is 1. The highest BCUT2D eigenvalue weighted by atomic mass is 15.2. The van der Waals surface area contributed by atoms with Gasteiger partial charge in [-0.05, 0) is 36.6 Å². The molecule has 4 rings (SSSR count). The first-order chi connectivity index (χ1) is 10.9. The molecule has 0 bridgehead atoms. The Morgan fingerprint density at radius 2 is 1.91 bits per heavy atom. The first-order valence-corrected chi connectivity index (χ1v) is 7.79. The van der Waals surface area contributed by atoms with Crippen molar-refractivity contribution in [2.24, 2.45) is 0 Å². The molecule has 3 aromatic rings. The molecule has 112 valence electrons. The summed E-state index contributed by atoms with van der Waals surface area (Å²) in [5, 5.41) is 0. The maximum Gasteiger partial charge on any atom is 0.160 e. The second-order valence-corrected chi connectivity index (χ2v) is 5.87. The zero-order valence-corrected chi connectivity index (χ0v) is 12.5. The van der Waals surface area contributed by atoms with Crippen molar-refractivity contribution in [3.63, 3.8) is 0 Å². The molecule has 0 radical (unpaired) electrons. The summed E-state index contributed by atoms with van der Waals surface area (Å²) in [4.78, 5) is 15.6. The third-order valence-corrected chi connectivity index (χ3v) is 4.41. The molecule has 3 aromatic heterocycles. The summed E-state index contributed by atoms with van der Waals surface area (Å²) in [5.74, 6) is 0. The van der Waals surface area contributed by atoms with E-state index in [0.717, 1.165) is 43.6 Å². The van der Waals surface area contributed by atoms with Crippen LogP contribution in [0.5, 0.6) is 0 Å². The van der Waals surface area contributed by atoms with Crippen LogP contribution < -0.4 is 0 Å². The minimum Gasteiger partial charge on any atom is -0.312 e. The second-order valence-electron chi connectivity index (χ2n) is 5.87. The summed E-state index contributed by atoms with van der Waals surface area (Å²) >= 11 is 0. The van der Waals surface area contributed by atoms with Gasteiger partial charge in [-0.3, -0.25) is 9.88 Å². The third kappa shape index (κ3) is 2.60. The average molecular weight is 293 g/mol. The Bertz CT molecular complexity index is 744. The summed E-state index contributed by atoms with van der Waals surface area (Å²) in [7, 11) is 0. The lowest BCUT2D eigenvalue weighted by Gasteiger charge is -2.32. The number of piperidine rings is 1.